The van der Waals surface area contributed by atoms with Crippen molar-refractivity contribution in [1.29, 1.82) is 0 Å². The number of hydrogen-bond acceptors (Lipinski definition) is 5. The molecule has 3 rings (SSSR count). The fourth-order valence-electron chi connectivity index (χ4n) is 3.41. The summed E-state index contributed by atoms with van der Waals surface area (Å²) in [6, 6.07) is 12.3. The zero-order valence-corrected chi connectivity index (χ0v) is 16.2. The number of nitrogens with zero attached hydrogens (tertiary/aromatic N) is 2. The van der Waals surface area contributed by atoms with Crippen LogP contribution in [0.1, 0.15) is 31.8 Å². The van der Waals surface area contributed by atoms with E-state index in [9.17, 15) is 9.59 Å². The van der Waals surface area contributed by atoms with E-state index in [-0.39, 0.29) is 5.84 Å². The summed E-state index contributed by atoms with van der Waals surface area (Å²) >= 11 is 0. The van der Waals surface area contributed by atoms with Gasteiger partial charge in [0.05, 0.1) is 19.2 Å². The van der Waals surface area contributed by atoms with Gasteiger partial charge in [-0.3, -0.25) is 19.7 Å². The molecule has 152 valence electrons. The number of amides is 2. The Morgan fingerprint density at radius 3 is 2.62 bits per heavy atom. The predicted octanol–water partition coefficient (Wildman–Crippen LogP) is 1.41. The number of rotatable bonds is 5. The van der Waals surface area contributed by atoms with Gasteiger partial charge in [-0.15, -0.1) is 0 Å². The summed E-state index contributed by atoms with van der Waals surface area (Å²) in [5, 5.41) is 8.81. The summed E-state index contributed by atoms with van der Waals surface area (Å²) in [6.45, 7) is 1.85. The van der Waals surface area contributed by atoms with Crippen molar-refractivity contribution in [1.82, 2.24) is 10.4 Å². The summed E-state index contributed by atoms with van der Waals surface area (Å²) in [4.78, 5) is 30.2. The lowest BCUT2D eigenvalue weighted by molar-refractivity contribution is 0.0706. The first kappa shape index (κ1) is 20.5. The number of carbonyl (C=O) groups excluding carboxylic acids is 2. The Bertz CT molecular complexity index is 942. The fraction of sp³-hybridized carbons (Fsp3) is 0.286. The number of nitrogens with two attached hydrogens (primary N) is 1. The molecule has 8 heteroatoms. The number of hydrogen-bond donors (Lipinski definition) is 3. The van der Waals surface area contributed by atoms with Crippen LogP contribution in [0.5, 0.6) is 5.75 Å². The molecule has 0 unspecified atom stereocenters. The van der Waals surface area contributed by atoms with E-state index < -0.39 is 11.8 Å². The molecule has 1 aliphatic heterocycles. The zero-order chi connectivity index (χ0) is 20.8. The Labute approximate surface area is 168 Å². The van der Waals surface area contributed by atoms with Gasteiger partial charge in [0, 0.05) is 18.7 Å². The molecule has 1 heterocycles. The van der Waals surface area contributed by atoms with Crippen molar-refractivity contribution < 1.29 is 19.5 Å². The summed E-state index contributed by atoms with van der Waals surface area (Å²) in [5.74, 6) is -0.257. The number of ether oxygens (including phenoxy) is 1. The van der Waals surface area contributed by atoms with Crippen LogP contribution >= 0.6 is 0 Å². The molecule has 4 N–H and O–H groups in total. The van der Waals surface area contributed by atoms with Crippen LogP contribution in [0.25, 0.3) is 0 Å². The van der Waals surface area contributed by atoms with E-state index in [1.54, 1.807) is 41.9 Å². The molecule has 1 aliphatic rings. The van der Waals surface area contributed by atoms with Crippen LogP contribution < -0.4 is 16.0 Å². The average Bonchev–Trinajstić information content (AvgIpc) is 2.94. The predicted molar refractivity (Wildman–Crippen MR) is 108 cm³/mol. The number of fused-ring (bicyclic) bond motifs is 1. The van der Waals surface area contributed by atoms with E-state index in [2.05, 4.69) is 9.89 Å². The Kier molecular flexibility index (Phi) is 6.58. The second-order valence-corrected chi connectivity index (χ2v) is 6.81. The lowest BCUT2D eigenvalue weighted by Gasteiger charge is -2.19. The van der Waals surface area contributed by atoms with Crippen LogP contribution in [0, 0.1) is 0 Å². The molecule has 0 fully saturated rings. The molecular formula is C21H24N4O4. The number of carbonyl (C=O) groups is 2. The third kappa shape index (κ3) is 4.98. The van der Waals surface area contributed by atoms with E-state index in [4.69, 9.17) is 15.7 Å². The molecule has 2 aromatic rings. The molecule has 2 aromatic carbocycles. The van der Waals surface area contributed by atoms with Gasteiger partial charge in [-0.2, -0.15) is 4.99 Å². The minimum absolute atomic E-state index is 0.243. The van der Waals surface area contributed by atoms with Crippen molar-refractivity contribution in [3.8, 4) is 5.75 Å². The normalized spacial score (nSPS) is 14.6. The van der Waals surface area contributed by atoms with Crippen molar-refractivity contribution in [2.75, 3.05) is 26.7 Å². The van der Waals surface area contributed by atoms with Crippen LogP contribution in [0.15, 0.2) is 47.5 Å². The number of methoxy groups -OCH3 is 1. The molecule has 0 saturated heterocycles. The molecule has 2 amide bonds. The Balaban J connectivity index is 1.66. The first-order chi connectivity index (χ1) is 14.0. The van der Waals surface area contributed by atoms with Gasteiger partial charge in [0.25, 0.3) is 11.8 Å². The number of aliphatic imine (C=N–C) groups is 1. The average molecular weight is 396 g/mol. The maximum absolute atomic E-state index is 12.4. The van der Waals surface area contributed by atoms with Crippen molar-refractivity contribution in [3.63, 3.8) is 0 Å². The van der Waals surface area contributed by atoms with Gasteiger partial charge in [0.1, 0.15) is 11.6 Å². The van der Waals surface area contributed by atoms with E-state index in [1.165, 1.54) is 7.11 Å². The quantitative estimate of drug-likeness (QED) is 0.304. The van der Waals surface area contributed by atoms with Gasteiger partial charge < -0.3 is 10.5 Å². The topological polar surface area (TPSA) is 117 Å². The van der Waals surface area contributed by atoms with Crippen molar-refractivity contribution in [2.45, 2.75) is 12.8 Å². The van der Waals surface area contributed by atoms with Crippen molar-refractivity contribution in [3.05, 3.63) is 64.7 Å². The highest BCUT2D eigenvalue weighted by Gasteiger charge is 2.17. The van der Waals surface area contributed by atoms with Crippen LogP contribution in [0.3, 0.4) is 0 Å². The van der Waals surface area contributed by atoms with Crippen molar-refractivity contribution in [2.24, 2.45) is 10.7 Å². The largest absolute Gasteiger partial charge is 0.496 e. The molecule has 0 aromatic heterocycles. The third-order valence-corrected chi connectivity index (χ3v) is 4.93. The van der Waals surface area contributed by atoms with Gasteiger partial charge >= 0.3 is 0 Å². The van der Waals surface area contributed by atoms with Crippen LogP contribution in [0.4, 0.5) is 0 Å². The molecule has 0 bridgehead atoms. The Hall–Kier alpha value is -3.23. The molecule has 0 radical (unpaired) electrons. The number of benzene rings is 2. The van der Waals surface area contributed by atoms with Crippen LogP contribution in [0.2, 0.25) is 0 Å². The van der Waals surface area contributed by atoms with Gasteiger partial charge in [0.2, 0.25) is 0 Å². The van der Waals surface area contributed by atoms with Gasteiger partial charge in [-0.05, 0) is 48.2 Å². The molecular weight excluding hydrogens is 372 g/mol. The zero-order valence-electron chi connectivity index (χ0n) is 16.2. The lowest BCUT2D eigenvalue weighted by atomic mass is 10.00. The van der Waals surface area contributed by atoms with Crippen LogP contribution in [-0.4, -0.2) is 54.5 Å². The summed E-state index contributed by atoms with van der Waals surface area (Å²) in [6.07, 6.45) is 1.53. The number of amidine groups is 1. The minimum atomic E-state index is -0.528. The fourth-order valence-corrected chi connectivity index (χ4v) is 3.41. The number of para-hydroxylation sites is 1. The van der Waals surface area contributed by atoms with Crippen molar-refractivity contribution >= 4 is 17.6 Å². The standard InChI is InChI=1S/C21H24N4O4/c1-29-18-5-3-2-4-17(18)21(27)23-19(22)13-25-10-8-14-6-7-16(20(26)24-28)12-15(14)9-11-25/h2-7,12,28H,8-11,13H2,1H3,(H,24,26)(H2,22,23,27). The third-order valence-electron chi connectivity index (χ3n) is 4.93. The highest BCUT2D eigenvalue weighted by atomic mass is 16.5. The Morgan fingerprint density at radius 2 is 1.90 bits per heavy atom. The second kappa shape index (κ2) is 9.31. The maximum Gasteiger partial charge on any atom is 0.282 e. The van der Waals surface area contributed by atoms with E-state index >= 15 is 0 Å². The van der Waals surface area contributed by atoms with E-state index in [0.29, 0.717) is 23.4 Å². The highest BCUT2D eigenvalue weighted by Crippen LogP contribution is 2.19. The smallest absolute Gasteiger partial charge is 0.282 e. The highest BCUT2D eigenvalue weighted by molar-refractivity contribution is 6.04. The molecule has 8 nitrogen and oxygen atoms in total. The first-order valence-corrected chi connectivity index (χ1v) is 9.30. The summed E-state index contributed by atoms with van der Waals surface area (Å²) < 4.78 is 5.20. The number of hydroxylamine groups is 1. The summed E-state index contributed by atoms with van der Waals surface area (Å²) in [5.41, 5.74) is 10.7. The lowest BCUT2D eigenvalue weighted by Crippen LogP contribution is -2.36. The molecule has 0 saturated carbocycles. The minimum Gasteiger partial charge on any atom is -0.496 e. The second-order valence-electron chi connectivity index (χ2n) is 6.81. The van der Waals surface area contributed by atoms with Gasteiger partial charge in [-0.25, -0.2) is 5.48 Å². The van der Waals surface area contributed by atoms with Gasteiger partial charge in [-0.1, -0.05) is 18.2 Å². The van der Waals surface area contributed by atoms with E-state index in [1.807, 2.05) is 6.07 Å². The SMILES string of the molecule is COc1ccccc1C(=O)N=C(N)CN1CCc2ccc(C(=O)NO)cc2CC1. The van der Waals surface area contributed by atoms with E-state index in [0.717, 1.165) is 37.1 Å². The Morgan fingerprint density at radius 1 is 1.17 bits per heavy atom. The molecule has 0 atom stereocenters. The maximum atomic E-state index is 12.4. The van der Waals surface area contributed by atoms with Gasteiger partial charge in [0.15, 0.2) is 0 Å². The van der Waals surface area contributed by atoms with Crippen LogP contribution in [-0.2, 0) is 12.8 Å². The molecule has 29 heavy (non-hydrogen) atoms. The monoisotopic (exact) mass is 396 g/mol. The number of nitrogens with one attached hydrogen (secondary N) is 1. The molecule has 0 aliphatic carbocycles. The first-order valence-electron chi connectivity index (χ1n) is 9.30. The summed E-state index contributed by atoms with van der Waals surface area (Å²) in [7, 11) is 1.50. The molecule has 0 spiro atoms.